The fourth-order valence-corrected chi connectivity index (χ4v) is 1.63. The summed E-state index contributed by atoms with van der Waals surface area (Å²) in [7, 11) is 1.14. The van der Waals surface area contributed by atoms with Gasteiger partial charge in [0.25, 0.3) is 0 Å². The molecule has 8 heteroatoms. The molecule has 19 heavy (non-hydrogen) atoms. The van der Waals surface area contributed by atoms with Gasteiger partial charge in [-0.25, -0.2) is 9.78 Å². The van der Waals surface area contributed by atoms with Gasteiger partial charge in [0.05, 0.1) is 12.5 Å². The summed E-state index contributed by atoms with van der Waals surface area (Å²) in [5, 5.41) is 37.9. The number of methoxy groups -OCH3 is 1. The lowest BCUT2D eigenvalue weighted by Crippen LogP contribution is -2.07. The Balaban J connectivity index is 2.91. The Morgan fingerprint density at radius 3 is 2.32 bits per heavy atom. The van der Waals surface area contributed by atoms with Crippen molar-refractivity contribution in [2.45, 2.75) is 0 Å². The lowest BCUT2D eigenvalue weighted by molar-refractivity contribution is 0.0602. The lowest BCUT2D eigenvalue weighted by atomic mass is 10.1. The predicted molar refractivity (Wildman–Crippen MR) is 64.2 cm³/mol. The molecular formula is C11H10N2O6. The second kappa shape index (κ2) is 4.09. The van der Waals surface area contributed by atoms with Gasteiger partial charge in [-0.2, -0.15) is 0 Å². The van der Waals surface area contributed by atoms with Crippen LogP contribution in [0.25, 0.3) is 10.9 Å². The summed E-state index contributed by atoms with van der Waals surface area (Å²) in [4.78, 5) is 15.1. The minimum Gasteiger partial charge on any atom is -0.504 e. The first-order valence-corrected chi connectivity index (χ1v) is 5.02. The van der Waals surface area contributed by atoms with Gasteiger partial charge >= 0.3 is 5.97 Å². The summed E-state index contributed by atoms with van der Waals surface area (Å²) in [6.45, 7) is 0. The molecule has 1 aromatic carbocycles. The molecule has 2 rings (SSSR count). The minimum absolute atomic E-state index is 0.144. The summed E-state index contributed by atoms with van der Waals surface area (Å²) in [6, 6.07) is 1.09. The molecule has 0 saturated carbocycles. The van der Waals surface area contributed by atoms with Crippen LogP contribution in [-0.4, -0.2) is 38.5 Å². The van der Waals surface area contributed by atoms with Crippen molar-refractivity contribution in [3.63, 3.8) is 0 Å². The van der Waals surface area contributed by atoms with Crippen molar-refractivity contribution < 1.29 is 30.0 Å². The van der Waals surface area contributed by atoms with Crippen LogP contribution in [0.4, 0.5) is 5.82 Å². The molecule has 0 unspecified atom stereocenters. The second-order valence-corrected chi connectivity index (χ2v) is 3.70. The van der Waals surface area contributed by atoms with Crippen LogP contribution in [0, 0.1) is 0 Å². The van der Waals surface area contributed by atoms with Crippen LogP contribution in [0.15, 0.2) is 6.07 Å². The third kappa shape index (κ3) is 1.69. The third-order valence-corrected chi connectivity index (χ3v) is 2.61. The first kappa shape index (κ1) is 12.6. The number of esters is 1. The number of phenols is 4. The van der Waals surface area contributed by atoms with Crippen LogP contribution in [0.1, 0.15) is 10.4 Å². The molecule has 2 aromatic rings. The molecule has 0 saturated heterocycles. The van der Waals surface area contributed by atoms with E-state index in [0.717, 1.165) is 13.2 Å². The van der Waals surface area contributed by atoms with E-state index in [1.807, 2.05) is 0 Å². The standard InChI is InChI=1S/C11H10N2O6/c1-19-11(18)4-2-3-5(13-10(4)12)7(15)9(17)8(16)6(3)14/h2,14-17H,1H3,(H2,12,13). The van der Waals surface area contributed by atoms with Gasteiger partial charge in [0, 0.05) is 0 Å². The van der Waals surface area contributed by atoms with Crippen molar-refractivity contribution in [3.05, 3.63) is 11.6 Å². The van der Waals surface area contributed by atoms with Gasteiger partial charge in [-0.1, -0.05) is 0 Å². The Labute approximate surface area is 106 Å². The molecular weight excluding hydrogens is 256 g/mol. The summed E-state index contributed by atoms with van der Waals surface area (Å²) >= 11 is 0. The molecule has 100 valence electrons. The Morgan fingerprint density at radius 1 is 1.16 bits per heavy atom. The molecule has 0 amide bonds. The summed E-state index contributed by atoms with van der Waals surface area (Å²) in [5.41, 5.74) is 5.13. The van der Waals surface area contributed by atoms with Gasteiger partial charge in [-0.05, 0) is 6.07 Å². The van der Waals surface area contributed by atoms with Crippen LogP contribution in [-0.2, 0) is 4.74 Å². The number of aromatic hydroxyl groups is 4. The number of aromatic nitrogens is 1. The predicted octanol–water partition coefficient (Wildman–Crippen LogP) is 0.426. The summed E-state index contributed by atoms with van der Waals surface area (Å²) < 4.78 is 4.48. The molecule has 0 spiro atoms. The number of hydrogen-bond acceptors (Lipinski definition) is 8. The van der Waals surface area contributed by atoms with Crippen molar-refractivity contribution in [1.82, 2.24) is 4.98 Å². The molecule has 1 heterocycles. The molecule has 0 aliphatic carbocycles. The normalized spacial score (nSPS) is 10.6. The Hall–Kier alpha value is -2.90. The van der Waals surface area contributed by atoms with Gasteiger partial charge < -0.3 is 30.9 Å². The highest BCUT2D eigenvalue weighted by Crippen LogP contribution is 2.48. The number of nitrogens with zero attached hydrogens (tertiary/aromatic N) is 1. The van der Waals surface area contributed by atoms with Crippen molar-refractivity contribution in [1.29, 1.82) is 0 Å². The average molecular weight is 266 g/mol. The van der Waals surface area contributed by atoms with E-state index >= 15 is 0 Å². The summed E-state index contributed by atoms with van der Waals surface area (Å²) in [6.07, 6.45) is 0. The molecule has 0 aliphatic heterocycles. The number of carbonyl (C=O) groups is 1. The molecule has 0 bridgehead atoms. The molecule has 0 fully saturated rings. The second-order valence-electron chi connectivity index (χ2n) is 3.70. The highest BCUT2D eigenvalue weighted by molar-refractivity contribution is 6.03. The van der Waals surface area contributed by atoms with E-state index in [1.165, 1.54) is 0 Å². The van der Waals surface area contributed by atoms with Crippen molar-refractivity contribution >= 4 is 22.7 Å². The highest BCUT2D eigenvalue weighted by atomic mass is 16.5. The Morgan fingerprint density at radius 2 is 1.74 bits per heavy atom. The van der Waals surface area contributed by atoms with Crippen LogP contribution in [0.2, 0.25) is 0 Å². The molecule has 1 aromatic heterocycles. The molecule has 0 aliphatic rings. The number of ether oxygens (including phenoxy) is 1. The van der Waals surface area contributed by atoms with E-state index in [-0.39, 0.29) is 22.3 Å². The Bertz CT molecular complexity index is 698. The quantitative estimate of drug-likeness (QED) is 0.283. The number of fused-ring (bicyclic) bond motifs is 1. The van der Waals surface area contributed by atoms with Gasteiger partial charge in [0.15, 0.2) is 11.5 Å². The van der Waals surface area contributed by atoms with E-state index in [4.69, 9.17) is 5.73 Å². The van der Waals surface area contributed by atoms with Crippen molar-refractivity contribution in [3.8, 4) is 23.0 Å². The van der Waals surface area contributed by atoms with Gasteiger partial charge in [0.1, 0.15) is 16.9 Å². The smallest absolute Gasteiger partial charge is 0.341 e. The van der Waals surface area contributed by atoms with E-state index in [2.05, 4.69) is 9.72 Å². The number of pyridine rings is 1. The van der Waals surface area contributed by atoms with Crippen molar-refractivity contribution in [2.24, 2.45) is 0 Å². The number of hydrogen-bond donors (Lipinski definition) is 5. The van der Waals surface area contributed by atoms with E-state index in [0.29, 0.717) is 0 Å². The maximum atomic E-state index is 11.4. The number of nitrogens with two attached hydrogens (primary N) is 1. The van der Waals surface area contributed by atoms with Gasteiger partial charge in [0.2, 0.25) is 11.5 Å². The number of nitrogen functional groups attached to an aromatic ring is 1. The fraction of sp³-hybridized carbons (Fsp3) is 0.0909. The average Bonchev–Trinajstić information content (AvgIpc) is 2.41. The fourth-order valence-electron chi connectivity index (χ4n) is 1.63. The molecule has 6 N–H and O–H groups in total. The van der Waals surface area contributed by atoms with Crippen LogP contribution in [0.3, 0.4) is 0 Å². The first-order chi connectivity index (χ1) is 8.88. The first-order valence-electron chi connectivity index (χ1n) is 5.02. The lowest BCUT2D eigenvalue weighted by Gasteiger charge is -2.10. The van der Waals surface area contributed by atoms with Crippen LogP contribution >= 0.6 is 0 Å². The zero-order chi connectivity index (χ0) is 14.3. The largest absolute Gasteiger partial charge is 0.504 e. The van der Waals surface area contributed by atoms with Crippen LogP contribution in [0.5, 0.6) is 23.0 Å². The number of rotatable bonds is 1. The van der Waals surface area contributed by atoms with E-state index in [9.17, 15) is 25.2 Å². The Kier molecular flexibility index (Phi) is 2.70. The van der Waals surface area contributed by atoms with Crippen LogP contribution < -0.4 is 5.73 Å². The number of benzene rings is 1. The van der Waals surface area contributed by atoms with Crippen molar-refractivity contribution in [2.75, 3.05) is 12.8 Å². The van der Waals surface area contributed by atoms with Gasteiger partial charge in [-0.15, -0.1) is 0 Å². The summed E-state index contributed by atoms with van der Waals surface area (Å²) in [5.74, 6) is -4.39. The zero-order valence-electron chi connectivity index (χ0n) is 9.71. The van der Waals surface area contributed by atoms with E-state index in [1.54, 1.807) is 0 Å². The highest BCUT2D eigenvalue weighted by Gasteiger charge is 2.22. The zero-order valence-corrected chi connectivity index (χ0v) is 9.71. The van der Waals surface area contributed by atoms with E-state index < -0.39 is 29.0 Å². The number of anilines is 1. The SMILES string of the molecule is COC(=O)c1cc2c(O)c(O)c(O)c(O)c2nc1N. The molecule has 0 radical (unpaired) electrons. The monoisotopic (exact) mass is 266 g/mol. The molecule has 0 atom stereocenters. The topological polar surface area (TPSA) is 146 Å². The minimum atomic E-state index is -0.928. The maximum Gasteiger partial charge on any atom is 0.341 e. The number of phenolic OH excluding ortho intramolecular Hbond substituents is 4. The number of carbonyl (C=O) groups excluding carboxylic acids is 1. The maximum absolute atomic E-state index is 11.4. The third-order valence-electron chi connectivity index (χ3n) is 2.61. The molecule has 8 nitrogen and oxygen atoms in total. The van der Waals surface area contributed by atoms with Gasteiger partial charge in [-0.3, -0.25) is 0 Å².